The van der Waals surface area contributed by atoms with Crippen LogP contribution in [0, 0.1) is 55.4 Å². The highest BCUT2D eigenvalue weighted by Crippen LogP contribution is 2.28. The Hall–Kier alpha value is -1.12. The predicted molar refractivity (Wildman–Crippen MR) is 393 cm³/mol. The van der Waals surface area contributed by atoms with E-state index in [1.807, 2.05) is 0 Å². The van der Waals surface area contributed by atoms with Crippen molar-refractivity contribution < 1.29 is 86.2 Å². The van der Waals surface area contributed by atoms with Crippen LogP contribution in [0.1, 0.15) is 243 Å². The second-order valence-corrected chi connectivity index (χ2v) is 29.4. The first-order chi connectivity index (χ1) is 42.8. The molecule has 0 spiro atoms. The summed E-state index contributed by atoms with van der Waals surface area (Å²) in [5, 5.41) is 4.55. The maximum atomic E-state index is 3.59. The molecule has 0 radical (unpaired) electrons. The quantitative estimate of drug-likeness (QED) is 0.0206. The molecular weight excluding hydrogens is 1660 g/mol. The first-order valence-corrected chi connectivity index (χ1v) is 39.7. The maximum Gasteiger partial charge on any atom is 0.171 e. The van der Waals surface area contributed by atoms with Gasteiger partial charge in [-0.25, -0.2) is 18.3 Å². The maximum absolute atomic E-state index is 3.59. The van der Waals surface area contributed by atoms with Crippen LogP contribution in [0.4, 0.5) is 0 Å². The molecule has 516 valence electrons. The van der Waals surface area contributed by atoms with Gasteiger partial charge in [0, 0.05) is 93.5 Å². The highest BCUT2D eigenvalue weighted by molar-refractivity contribution is 9.09. The largest absolute Gasteiger partial charge is 1.00 e. The van der Waals surface area contributed by atoms with E-state index in [4.69, 9.17) is 0 Å². The van der Waals surface area contributed by atoms with Gasteiger partial charge in [0.25, 0.3) is 0 Å². The van der Waals surface area contributed by atoms with Crippen molar-refractivity contribution in [3.63, 3.8) is 0 Å². The van der Waals surface area contributed by atoms with Crippen LogP contribution in [0.2, 0.25) is 0 Å². The highest BCUT2D eigenvalue weighted by atomic mass is 79.9. The second-order valence-electron chi connectivity index (χ2n) is 26.2. The third-order valence-electron chi connectivity index (χ3n) is 18.8. The number of hydrogen-bond acceptors (Lipinski definition) is 0. The molecule has 6 rings (SSSR count). The van der Waals surface area contributed by atoms with E-state index >= 15 is 0 Å². The normalized spacial score (nSPS) is 10.9. The number of alkyl halides is 4. The average Bonchev–Trinajstić information content (AvgIpc) is 0.988. The summed E-state index contributed by atoms with van der Waals surface area (Å²) in [6.45, 7) is 22.2. The molecule has 0 aliphatic heterocycles. The van der Waals surface area contributed by atoms with Crippen LogP contribution in [-0.2, 0) is 77.5 Å². The second kappa shape index (κ2) is 53.8. The van der Waals surface area contributed by atoms with Crippen LogP contribution in [0.5, 0.6) is 0 Å². The molecule has 0 fully saturated rings. The third kappa shape index (κ3) is 35.6. The molecule has 4 heterocycles. The van der Waals surface area contributed by atoms with Crippen molar-refractivity contribution in [3.05, 3.63) is 187 Å². The van der Waals surface area contributed by atoms with Crippen molar-refractivity contribution in [2.45, 2.75) is 287 Å². The fraction of sp³-hybridized carbons (Fsp3) is 0.600. The fourth-order valence-corrected chi connectivity index (χ4v) is 14.0. The molecule has 12 heteroatoms. The Morgan fingerprint density at radius 1 is 0.217 bits per heavy atom. The van der Waals surface area contributed by atoms with E-state index in [0.29, 0.717) is 0 Å². The zero-order valence-electron chi connectivity index (χ0n) is 58.3. The Morgan fingerprint density at radius 3 is 0.533 bits per heavy atom. The highest BCUT2D eigenvalue weighted by Gasteiger charge is 2.15. The summed E-state index contributed by atoms with van der Waals surface area (Å²) in [7, 11) is 0. The number of aryl methyl sites for hydroxylation is 20. The Balaban J connectivity index is 0.00000106. The van der Waals surface area contributed by atoms with Crippen LogP contribution in [0.15, 0.2) is 98.1 Å². The van der Waals surface area contributed by atoms with Crippen molar-refractivity contribution in [2.75, 3.05) is 21.3 Å². The standard InChI is InChI=1S/C54H78N4.C26H42Br4.4BrH/c1-43-25-33-55(39-47(43)5)29-17-9-13-21-51-37-53(23-15-11-19-31-57-35-27-45(3)49(7)41-57)54(24-16-12-20-32-58-36-28-46(4)50(8)42-58)38-52(51)22-14-10-18-30-56-34-26-44(2)48(6)40-56;27-17-9-1-5-13-23-21-25(15-7-3-11-19-29)26(16-8-4-12-20-30)22-24(23)14-6-2-10-18-28;;;;/h25-28,33-42H,9-24,29-32H2,1-8H3;21-22H,1-20H2;4*1H/q+4;;;;;/p-4. The van der Waals surface area contributed by atoms with E-state index in [2.05, 4.69) is 235 Å². The number of nitrogens with zero attached hydrogens (tertiary/aromatic N) is 4. The van der Waals surface area contributed by atoms with Crippen molar-refractivity contribution in [3.8, 4) is 0 Å². The number of halogens is 8. The number of unbranched alkanes of at least 4 members (excludes halogenated alkanes) is 16. The molecule has 0 saturated heterocycles. The smallest absolute Gasteiger partial charge is 0.171 e. The van der Waals surface area contributed by atoms with Crippen LogP contribution in [0.25, 0.3) is 0 Å². The number of rotatable bonds is 44. The average molecular weight is 1780 g/mol. The van der Waals surface area contributed by atoms with Gasteiger partial charge >= 0.3 is 0 Å². The molecule has 6 aromatic rings. The molecule has 0 atom stereocenters. The molecule has 4 nitrogen and oxygen atoms in total. The van der Waals surface area contributed by atoms with Gasteiger partial charge in [-0.2, -0.15) is 0 Å². The molecule has 92 heavy (non-hydrogen) atoms. The minimum absolute atomic E-state index is 0. The predicted octanol–water partition coefficient (Wildman–Crippen LogP) is 9.09. The van der Waals surface area contributed by atoms with Gasteiger partial charge in [-0.15, -0.1) is 0 Å². The van der Waals surface area contributed by atoms with Gasteiger partial charge in [-0.1, -0.05) is 114 Å². The van der Waals surface area contributed by atoms with Crippen molar-refractivity contribution in [1.82, 2.24) is 0 Å². The van der Waals surface area contributed by atoms with Gasteiger partial charge < -0.3 is 67.9 Å². The van der Waals surface area contributed by atoms with Gasteiger partial charge in [0.1, 0.15) is 26.2 Å². The molecule has 0 aliphatic rings. The lowest BCUT2D eigenvalue weighted by atomic mass is 9.88. The monoisotopic (exact) mass is 1770 g/mol. The third-order valence-corrected chi connectivity index (χ3v) is 21.0. The zero-order valence-corrected chi connectivity index (χ0v) is 71.0. The lowest BCUT2D eigenvalue weighted by molar-refractivity contribution is -0.697. The van der Waals surface area contributed by atoms with E-state index in [1.165, 1.54) is 250 Å². The van der Waals surface area contributed by atoms with Crippen molar-refractivity contribution in [2.24, 2.45) is 0 Å². The number of benzene rings is 2. The SMILES string of the molecule is BrCCCCCc1cc(CCCCCBr)c(CCCCCBr)cc1CCCCCBr.Cc1cc[n+](CCCCCc2cc(CCCCC[n+]3ccc(C)c(C)c3)c(CCCCC[n+]3ccc(C)c(C)c3)cc2CCCCC[n+]2ccc(C)c(C)c2)cc1C.[Br-].[Br-].[Br-].[Br-]. The van der Waals surface area contributed by atoms with Crippen molar-refractivity contribution >= 4 is 63.7 Å². The first kappa shape index (κ1) is 88.9. The fourth-order valence-electron chi connectivity index (χ4n) is 12.4. The Labute approximate surface area is 638 Å². The summed E-state index contributed by atoms with van der Waals surface area (Å²) in [6.07, 6.45) is 59.1. The summed E-state index contributed by atoms with van der Waals surface area (Å²) in [4.78, 5) is 0. The lowest BCUT2D eigenvalue weighted by Crippen LogP contribution is -3.00. The summed E-state index contributed by atoms with van der Waals surface area (Å²) in [5.74, 6) is 0. The van der Waals surface area contributed by atoms with Gasteiger partial charge in [0.15, 0.2) is 49.6 Å². The van der Waals surface area contributed by atoms with E-state index in [9.17, 15) is 0 Å². The number of hydrogen-bond donors (Lipinski definition) is 0. The topological polar surface area (TPSA) is 15.5 Å². The molecule has 4 aromatic heterocycles. The molecule has 0 unspecified atom stereocenters. The van der Waals surface area contributed by atoms with Crippen molar-refractivity contribution in [1.29, 1.82) is 0 Å². The van der Waals surface area contributed by atoms with E-state index in [-0.39, 0.29) is 67.9 Å². The van der Waals surface area contributed by atoms with Crippen LogP contribution in [-0.4, -0.2) is 21.3 Å². The Kier molecular flexibility index (Phi) is 52.0. The number of aromatic nitrogens is 4. The van der Waals surface area contributed by atoms with Gasteiger partial charge in [-0.05, 0) is 276 Å². The molecule has 0 aliphatic carbocycles. The van der Waals surface area contributed by atoms with Gasteiger partial charge in [0.2, 0.25) is 0 Å². The summed E-state index contributed by atoms with van der Waals surface area (Å²) >= 11 is 14.3. The molecule has 0 amide bonds. The first-order valence-electron chi connectivity index (χ1n) is 35.2. The van der Waals surface area contributed by atoms with E-state index in [0.717, 1.165) is 47.5 Å². The molecule has 0 saturated carbocycles. The van der Waals surface area contributed by atoms with E-state index in [1.54, 1.807) is 44.5 Å². The molecule has 0 N–H and O–H groups in total. The van der Waals surface area contributed by atoms with Crippen LogP contribution < -0.4 is 86.2 Å². The van der Waals surface area contributed by atoms with Gasteiger partial charge in [-0.3, -0.25) is 0 Å². The summed E-state index contributed by atoms with van der Waals surface area (Å²) in [6, 6.07) is 19.7. The molecular formula is C80H120Br8N4. The van der Waals surface area contributed by atoms with Gasteiger partial charge in [0.05, 0.1) is 0 Å². The minimum Gasteiger partial charge on any atom is -1.00 e. The summed E-state index contributed by atoms with van der Waals surface area (Å²) < 4.78 is 9.54. The Morgan fingerprint density at radius 2 is 0.380 bits per heavy atom. The molecule has 0 bridgehead atoms. The van der Waals surface area contributed by atoms with Crippen LogP contribution >= 0.6 is 63.7 Å². The summed E-state index contributed by atoms with van der Waals surface area (Å²) in [5.41, 5.74) is 24.2. The Bertz CT molecular complexity index is 2530. The van der Waals surface area contributed by atoms with E-state index < -0.39 is 0 Å². The number of pyridine rings is 4. The zero-order chi connectivity index (χ0) is 63.1. The van der Waals surface area contributed by atoms with Crippen LogP contribution in [0.3, 0.4) is 0 Å². The molecule has 2 aromatic carbocycles. The lowest BCUT2D eigenvalue weighted by Gasteiger charge is -2.17. The minimum atomic E-state index is 0.